The number of ether oxygens (including phenoxy) is 1. The number of hydrogen-bond donors (Lipinski definition) is 1. The first-order valence-corrected chi connectivity index (χ1v) is 6.10. The Bertz CT molecular complexity index is 531. The predicted octanol–water partition coefficient (Wildman–Crippen LogP) is 2.64. The molecule has 1 heterocycles. The minimum Gasteiger partial charge on any atom is -0.478 e. The number of aromatic carboxylic acids is 1. The van der Waals surface area contributed by atoms with Gasteiger partial charge < -0.3 is 9.84 Å². The minimum absolute atomic E-state index is 0.253. The number of nitrogens with zero attached hydrogens (tertiary/aromatic N) is 1. The number of amides is 1. The van der Waals surface area contributed by atoms with Crippen molar-refractivity contribution in [2.75, 3.05) is 0 Å². The topological polar surface area (TPSA) is 66.8 Å². The fraction of sp³-hybridized carbons (Fsp3) is 0.429. The van der Waals surface area contributed by atoms with Crippen molar-refractivity contribution in [2.24, 2.45) is 0 Å². The molecule has 1 aliphatic heterocycles. The molecule has 0 aliphatic carbocycles. The van der Waals surface area contributed by atoms with Gasteiger partial charge in [-0.15, -0.1) is 0 Å². The van der Waals surface area contributed by atoms with Crippen LogP contribution in [0.25, 0.3) is 0 Å². The third-order valence-corrected chi connectivity index (χ3v) is 2.87. The average molecular weight is 263 g/mol. The third-order valence-electron chi connectivity index (χ3n) is 2.87. The van der Waals surface area contributed by atoms with Crippen molar-refractivity contribution < 1.29 is 19.4 Å². The van der Waals surface area contributed by atoms with Crippen LogP contribution in [-0.2, 0) is 17.8 Å². The molecule has 102 valence electrons. The van der Waals surface area contributed by atoms with Gasteiger partial charge in [0.1, 0.15) is 5.60 Å². The highest BCUT2D eigenvalue weighted by molar-refractivity contribution is 5.90. The van der Waals surface area contributed by atoms with E-state index in [2.05, 4.69) is 0 Å². The molecule has 5 nitrogen and oxygen atoms in total. The summed E-state index contributed by atoms with van der Waals surface area (Å²) in [5.74, 6) is -0.970. The summed E-state index contributed by atoms with van der Waals surface area (Å²) < 4.78 is 5.29. The number of carbonyl (C=O) groups is 2. The van der Waals surface area contributed by atoms with Crippen molar-refractivity contribution in [3.63, 3.8) is 0 Å². The van der Waals surface area contributed by atoms with E-state index >= 15 is 0 Å². The highest BCUT2D eigenvalue weighted by atomic mass is 16.6. The Balaban J connectivity index is 2.19. The van der Waals surface area contributed by atoms with Crippen LogP contribution in [0, 0.1) is 0 Å². The van der Waals surface area contributed by atoms with Crippen LogP contribution in [0.5, 0.6) is 0 Å². The van der Waals surface area contributed by atoms with Crippen LogP contribution in [0.1, 0.15) is 42.3 Å². The van der Waals surface area contributed by atoms with Crippen LogP contribution in [-0.4, -0.2) is 27.7 Å². The Morgan fingerprint density at radius 3 is 2.53 bits per heavy atom. The Kier molecular flexibility index (Phi) is 3.22. The molecule has 1 aromatic rings. The van der Waals surface area contributed by atoms with E-state index < -0.39 is 17.7 Å². The number of hydrogen-bond acceptors (Lipinski definition) is 3. The molecule has 0 saturated carbocycles. The quantitative estimate of drug-likeness (QED) is 0.845. The lowest BCUT2D eigenvalue weighted by Gasteiger charge is -2.24. The summed E-state index contributed by atoms with van der Waals surface area (Å²) in [6, 6.07) is 5.09. The minimum atomic E-state index is -0.970. The molecule has 19 heavy (non-hydrogen) atoms. The van der Waals surface area contributed by atoms with Gasteiger partial charge in [0.05, 0.1) is 12.1 Å². The van der Waals surface area contributed by atoms with Crippen LogP contribution in [0.3, 0.4) is 0 Å². The maximum atomic E-state index is 12.0. The normalized spacial score (nSPS) is 14.2. The van der Waals surface area contributed by atoms with Crippen LogP contribution in [0.15, 0.2) is 18.2 Å². The van der Waals surface area contributed by atoms with Gasteiger partial charge in [-0.3, -0.25) is 4.90 Å². The lowest BCUT2D eigenvalue weighted by Crippen LogP contribution is -2.33. The van der Waals surface area contributed by atoms with Gasteiger partial charge in [-0.1, -0.05) is 12.1 Å². The van der Waals surface area contributed by atoms with Gasteiger partial charge in [-0.05, 0) is 38.0 Å². The van der Waals surface area contributed by atoms with Gasteiger partial charge in [0.2, 0.25) is 0 Å². The SMILES string of the molecule is CC(C)(C)OC(=O)N1Cc2cccc(C(=O)O)c2C1. The van der Waals surface area contributed by atoms with E-state index in [1.54, 1.807) is 32.9 Å². The molecule has 0 aromatic heterocycles. The number of benzene rings is 1. The van der Waals surface area contributed by atoms with Crippen molar-refractivity contribution >= 4 is 12.1 Å². The number of carboxylic acids is 1. The highest BCUT2D eigenvalue weighted by Crippen LogP contribution is 2.27. The number of carbonyl (C=O) groups excluding carboxylic acids is 1. The van der Waals surface area contributed by atoms with Gasteiger partial charge in [0.25, 0.3) is 0 Å². The lowest BCUT2D eigenvalue weighted by atomic mass is 10.0. The molecule has 0 radical (unpaired) electrons. The summed E-state index contributed by atoms with van der Waals surface area (Å²) in [7, 11) is 0. The molecule has 0 atom stereocenters. The monoisotopic (exact) mass is 263 g/mol. The van der Waals surface area contributed by atoms with E-state index in [4.69, 9.17) is 9.84 Å². The maximum Gasteiger partial charge on any atom is 0.410 e. The first-order valence-electron chi connectivity index (χ1n) is 6.10. The average Bonchev–Trinajstić information content (AvgIpc) is 2.69. The fourth-order valence-corrected chi connectivity index (χ4v) is 2.08. The van der Waals surface area contributed by atoms with E-state index in [9.17, 15) is 9.59 Å². The van der Waals surface area contributed by atoms with Crippen LogP contribution >= 0.6 is 0 Å². The van der Waals surface area contributed by atoms with E-state index in [1.807, 2.05) is 6.07 Å². The van der Waals surface area contributed by atoms with E-state index in [0.717, 1.165) is 5.56 Å². The smallest absolute Gasteiger partial charge is 0.410 e. The van der Waals surface area contributed by atoms with Crippen LogP contribution in [0.2, 0.25) is 0 Å². The first-order chi connectivity index (χ1) is 8.78. The molecule has 0 spiro atoms. The number of carboxylic acid groups (broad SMARTS) is 1. The summed E-state index contributed by atoms with van der Waals surface area (Å²) in [4.78, 5) is 24.6. The van der Waals surface area contributed by atoms with Gasteiger partial charge in [-0.2, -0.15) is 0 Å². The summed E-state index contributed by atoms with van der Waals surface area (Å²) in [6.45, 7) is 6.09. The zero-order chi connectivity index (χ0) is 14.2. The Hall–Kier alpha value is -2.04. The molecular formula is C14H17NO4. The molecule has 0 saturated heterocycles. The molecule has 1 aromatic carbocycles. The number of fused-ring (bicyclic) bond motifs is 1. The molecule has 2 rings (SSSR count). The summed E-state index contributed by atoms with van der Waals surface area (Å²) in [5, 5.41) is 9.13. The van der Waals surface area contributed by atoms with Crippen molar-refractivity contribution in [2.45, 2.75) is 39.5 Å². The maximum absolute atomic E-state index is 12.0. The summed E-state index contributed by atoms with van der Waals surface area (Å²) in [5.41, 5.74) is 1.26. The molecule has 0 unspecified atom stereocenters. The highest BCUT2D eigenvalue weighted by Gasteiger charge is 2.30. The van der Waals surface area contributed by atoms with Crippen LogP contribution in [0.4, 0.5) is 4.79 Å². The molecule has 5 heteroatoms. The van der Waals surface area contributed by atoms with Crippen molar-refractivity contribution in [1.82, 2.24) is 4.90 Å². The van der Waals surface area contributed by atoms with E-state index in [1.165, 1.54) is 4.90 Å². The molecule has 0 bridgehead atoms. The molecular weight excluding hydrogens is 246 g/mol. The number of rotatable bonds is 1. The molecule has 1 N–H and O–H groups in total. The van der Waals surface area contributed by atoms with Gasteiger partial charge in [0, 0.05) is 6.54 Å². The second kappa shape index (κ2) is 4.57. The van der Waals surface area contributed by atoms with Crippen molar-refractivity contribution in [3.05, 3.63) is 34.9 Å². The second-order valence-electron chi connectivity index (χ2n) is 5.58. The summed E-state index contributed by atoms with van der Waals surface area (Å²) >= 11 is 0. The fourth-order valence-electron chi connectivity index (χ4n) is 2.08. The third kappa shape index (κ3) is 2.86. The van der Waals surface area contributed by atoms with Gasteiger partial charge >= 0.3 is 12.1 Å². The zero-order valence-electron chi connectivity index (χ0n) is 11.3. The van der Waals surface area contributed by atoms with Crippen molar-refractivity contribution in [3.8, 4) is 0 Å². The zero-order valence-corrected chi connectivity index (χ0v) is 11.3. The van der Waals surface area contributed by atoms with E-state index in [0.29, 0.717) is 12.1 Å². The van der Waals surface area contributed by atoms with Gasteiger partial charge in [0.15, 0.2) is 0 Å². The standard InChI is InChI=1S/C14H17NO4/c1-14(2,3)19-13(18)15-7-9-5-4-6-10(12(16)17)11(9)8-15/h4-6H,7-8H2,1-3H3,(H,16,17). The van der Waals surface area contributed by atoms with E-state index in [-0.39, 0.29) is 12.1 Å². The predicted molar refractivity (Wildman–Crippen MR) is 68.9 cm³/mol. The Morgan fingerprint density at radius 2 is 1.95 bits per heavy atom. The first kappa shape index (κ1) is 13.4. The Labute approximate surface area is 111 Å². The second-order valence-corrected chi connectivity index (χ2v) is 5.58. The van der Waals surface area contributed by atoms with Crippen molar-refractivity contribution in [1.29, 1.82) is 0 Å². The van der Waals surface area contributed by atoms with Gasteiger partial charge in [-0.25, -0.2) is 9.59 Å². The molecule has 0 fully saturated rings. The lowest BCUT2D eigenvalue weighted by molar-refractivity contribution is 0.0240. The largest absolute Gasteiger partial charge is 0.478 e. The van der Waals surface area contributed by atoms with Crippen LogP contribution < -0.4 is 0 Å². The summed E-state index contributed by atoms with van der Waals surface area (Å²) in [6.07, 6.45) is -0.417. The Morgan fingerprint density at radius 1 is 1.26 bits per heavy atom. The molecule has 1 aliphatic rings. The molecule has 1 amide bonds.